The van der Waals surface area contributed by atoms with E-state index in [1.54, 1.807) is 12.5 Å². The summed E-state index contributed by atoms with van der Waals surface area (Å²) in [5.74, 6) is 2.26. The first-order valence-electron chi connectivity index (χ1n) is 17.3. The summed E-state index contributed by atoms with van der Waals surface area (Å²) in [6.07, 6.45) is 6.76. The Morgan fingerprint density at radius 3 is 2.02 bits per heavy atom. The van der Waals surface area contributed by atoms with Gasteiger partial charge in [0.2, 0.25) is 5.78 Å². The minimum atomic E-state index is -1.61. The van der Waals surface area contributed by atoms with E-state index in [0.717, 1.165) is 22.2 Å². The van der Waals surface area contributed by atoms with Crippen molar-refractivity contribution in [2.24, 2.45) is 35.5 Å². The van der Waals surface area contributed by atoms with Crippen LogP contribution >= 0.6 is 0 Å². The first kappa shape index (κ1) is 40.2. The van der Waals surface area contributed by atoms with Gasteiger partial charge in [-0.1, -0.05) is 103 Å². The van der Waals surface area contributed by atoms with Crippen molar-refractivity contribution in [1.82, 2.24) is 24.3 Å². The van der Waals surface area contributed by atoms with Gasteiger partial charge < -0.3 is 5.11 Å². The van der Waals surface area contributed by atoms with Crippen LogP contribution in [-0.4, -0.2) is 43.3 Å². The van der Waals surface area contributed by atoms with Gasteiger partial charge in [-0.25, -0.2) is 9.97 Å². The molecular formula is C40H54IrN5O2Si-. The second kappa shape index (κ2) is 16.2. The van der Waals surface area contributed by atoms with Crippen LogP contribution in [0.5, 0.6) is 0 Å². The minimum Gasteiger partial charge on any atom is -0.512 e. The third kappa shape index (κ3) is 8.91. The topological polar surface area (TPSA) is 93.3 Å². The number of aliphatic hydroxyl groups is 1. The quantitative estimate of drug-likeness (QED) is 0.0688. The number of carbonyl (C=O) groups excluding carboxylic acids is 1. The number of rotatable bonds is 9. The molecule has 1 N–H and O–H groups in total. The zero-order chi connectivity index (χ0) is 35.7. The minimum absolute atomic E-state index is 0. The number of aliphatic hydroxyl groups excluding tert-OH is 1. The van der Waals surface area contributed by atoms with Crippen LogP contribution in [0.2, 0.25) is 19.6 Å². The van der Waals surface area contributed by atoms with Crippen LogP contribution in [0.25, 0.3) is 39.0 Å². The summed E-state index contributed by atoms with van der Waals surface area (Å²) in [6, 6.07) is 12.4. The van der Waals surface area contributed by atoms with Gasteiger partial charge in [0, 0.05) is 56.1 Å². The van der Waals surface area contributed by atoms with Crippen LogP contribution in [0, 0.1) is 55.4 Å². The van der Waals surface area contributed by atoms with Gasteiger partial charge in [0.15, 0.2) is 11.4 Å². The Balaban J connectivity index is 0.000000287. The molecule has 0 amide bonds. The molecule has 0 saturated carbocycles. The fourth-order valence-corrected chi connectivity index (χ4v) is 8.69. The maximum atomic E-state index is 12.3. The van der Waals surface area contributed by atoms with E-state index in [0.29, 0.717) is 35.1 Å². The Kier molecular flexibility index (Phi) is 13.3. The van der Waals surface area contributed by atoms with Crippen molar-refractivity contribution in [3.05, 3.63) is 72.0 Å². The molecule has 0 spiro atoms. The van der Waals surface area contributed by atoms with Gasteiger partial charge in [0.25, 0.3) is 0 Å². The average Bonchev–Trinajstić information content (AvgIpc) is 3.35. The van der Waals surface area contributed by atoms with Crippen molar-refractivity contribution >= 4 is 46.8 Å². The number of hydrogen-bond acceptors (Lipinski definition) is 6. The first-order chi connectivity index (χ1) is 22.4. The van der Waals surface area contributed by atoms with Gasteiger partial charge in [-0.15, -0.1) is 28.8 Å². The number of hydrogen-bond donors (Lipinski definition) is 1. The van der Waals surface area contributed by atoms with E-state index in [-0.39, 0.29) is 43.5 Å². The van der Waals surface area contributed by atoms with Gasteiger partial charge in [-0.05, 0) is 43.6 Å². The zero-order valence-electron chi connectivity index (χ0n) is 31.5. The molecule has 3 heterocycles. The summed E-state index contributed by atoms with van der Waals surface area (Å²) in [5, 5.41) is 14.1. The van der Waals surface area contributed by atoms with Gasteiger partial charge in [0.1, 0.15) is 6.33 Å². The second-order valence-corrected chi connectivity index (χ2v) is 20.7. The van der Waals surface area contributed by atoms with Crippen LogP contribution in [0.4, 0.5) is 0 Å². The molecule has 265 valence electrons. The molecule has 0 fully saturated rings. The molecule has 0 aliphatic heterocycles. The van der Waals surface area contributed by atoms with Crippen molar-refractivity contribution in [2.75, 3.05) is 0 Å². The maximum absolute atomic E-state index is 12.3. The Labute approximate surface area is 307 Å². The molecule has 5 aromatic rings. The van der Waals surface area contributed by atoms with Crippen LogP contribution in [0.15, 0.2) is 54.8 Å². The summed E-state index contributed by atoms with van der Waals surface area (Å²) in [5.41, 5.74) is 5.94. The SMILES string of the molecule is CC(C)C(C(=O)/C=C(\O)C(C(C)C)C(C)C)C(C)C.Cc1cc2[c-]c(-c3ncnc4nc5ncccn5c34)cc([Si](C)(C)C)c2cc1C.[Ir]. The number of aromatic nitrogens is 5. The van der Waals surface area contributed by atoms with Gasteiger partial charge in [-0.3, -0.25) is 14.2 Å². The Morgan fingerprint density at radius 1 is 0.857 bits per heavy atom. The summed E-state index contributed by atoms with van der Waals surface area (Å²) in [4.78, 5) is 30.3. The van der Waals surface area contributed by atoms with E-state index in [1.165, 1.54) is 27.8 Å². The van der Waals surface area contributed by atoms with E-state index in [1.807, 2.05) is 16.7 Å². The van der Waals surface area contributed by atoms with Crippen molar-refractivity contribution in [2.45, 2.75) is 88.9 Å². The molecule has 1 radical (unpaired) electrons. The molecule has 7 nitrogen and oxygen atoms in total. The molecule has 9 heteroatoms. The first-order valence-corrected chi connectivity index (χ1v) is 20.8. The van der Waals surface area contributed by atoms with E-state index < -0.39 is 8.07 Å². The van der Waals surface area contributed by atoms with E-state index in [9.17, 15) is 9.90 Å². The van der Waals surface area contributed by atoms with Crippen molar-refractivity contribution in [1.29, 1.82) is 0 Å². The summed E-state index contributed by atoms with van der Waals surface area (Å²) in [6.45, 7) is 28.1. The fourth-order valence-electron chi connectivity index (χ4n) is 7.10. The summed E-state index contributed by atoms with van der Waals surface area (Å²) in [7, 11) is -1.61. The largest absolute Gasteiger partial charge is 0.512 e. The average molecular weight is 857 g/mol. The molecule has 0 aliphatic carbocycles. The normalized spacial score (nSPS) is 12.6. The standard InChI is InChI=1S/C23H22N5Si.C17H32O2.Ir/c1-14-9-16-11-17(12-19(29(3,4)5)18(16)10-15(14)2)20-21-22(26-13-25-20)27-23-24-7-6-8-28(21)23;1-10(2)16(11(3)4)14(18)9-15(19)17(12(5)6)13(7)8;/h6-10,12-13H,1-5H3;9-13,16-18H,1-8H3;/q-1;;/b;14-9-;. The Bertz CT molecular complexity index is 1940. The third-order valence-electron chi connectivity index (χ3n) is 9.35. The number of carbonyl (C=O) groups is 1. The number of fused-ring (bicyclic) bond motifs is 4. The Hall–Kier alpha value is -3.26. The van der Waals surface area contributed by atoms with E-state index >= 15 is 0 Å². The van der Waals surface area contributed by atoms with E-state index in [2.05, 4.69) is 133 Å². The predicted molar refractivity (Wildman–Crippen MR) is 202 cm³/mol. The molecule has 0 bridgehead atoms. The van der Waals surface area contributed by atoms with Crippen LogP contribution in [-0.2, 0) is 24.9 Å². The number of allylic oxidation sites excluding steroid dienone is 2. The summed E-state index contributed by atoms with van der Waals surface area (Å²) >= 11 is 0. The molecule has 2 aromatic carbocycles. The Morgan fingerprint density at radius 2 is 1.45 bits per heavy atom. The van der Waals surface area contributed by atoms with Gasteiger partial charge >= 0.3 is 0 Å². The fraction of sp³-hybridized carbons (Fsp3) is 0.475. The van der Waals surface area contributed by atoms with Crippen LogP contribution in [0.3, 0.4) is 0 Å². The van der Waals surface area contributed by atoms with Crippen molar-refractivity contribution in [3.63, 3.8) is 0 Å². The number of imidazole rings is 1. The molecule has 0 atom stereocenters. The predicted octanol–water partition coefficient (Wildman–Crippen LogP) is 9.31. The molecule has 0 unspecified atom stereocenters. The second-order valence-electron chi connectivity index (χ2n) is 15.6. The maximum Gasteiger partial charge on any atom is 0.235 e. The monoisotopic (exact) mass is 857 g/mol. The molecule has 5 rings (SSSR count). The zero-order valence-corrected chi connectivity index (χ0v) is 34.9. The molecule has 0 aliphatic rings. The van der Waals surface area contributed by atoms with Gasteiger partial charge in [0.05, 0.1) is 19.3 Å². The summed E-state index contributed by atoms with van der Waals surface area (Å²) < 4.78 is 1.96. The molecule has 0 saturated heterocycles. The van der Waals surface area contributed by atoms with Crippen molar-refractivity contribution in [3.8, 4) is 11.3 Å². The number of nitrogens with zero attached hydrogens (tertiary/aromatic N) is 5. The van der Waals surface area contributed by atoms with Crippen LogP contribution < -0.4 is 5.19 Å². The number of benzene rings is 2. The number of ketones is 1. The molecular weight excluding hydrogens is 803 g/mol. The molecule has 49 heavy (non-hydrogen) atoms. The third-order valence-corrected chi connectivity index (χ3v) is 11.4. The van der Waals surface area contributed by atoms with Crippen LogP contribution in [0.1, 0.15) is 66.5 Å². The smallest absolute Gasteiger partial charge is 0.235 e. The van der Waals surface area contributed by atoms with E-state index in [4.69, 9.17) is 0 Å². The van der Waals surface area contributed by atoms with Gasteiger partial charge in [-0.2, -0.15) is 4.98 Å². The number of aryl methyl sites for hydroxylation is 2. The van der Waals surface area contributed by atoms with Crippen molar-refractivity contribution < 1.29 is 30.0 Å². The molecule has 3 aromatic heterocycles.